The molecule has 46 heavy (non-hydrogen) atoms. The van der Waals surface area contributed by atoms with E-state index in [1.54, 1.807) is 19.3 Å². The molecular weight excluding hydrogens is 553 g/mol. The summed E-state index contributed by atoms with van der Waals surface area (Å²) in [5.41, 5.74) is 0. The fourth-order valence-electron chi connectivity index (χ4n) is 8.35. The molecule has 1 aliphatic carbocycles. The lowest BCUT2D eigenvalue weighted by Gasteiger charge is -2.21. The molecule has 0 amide bonds. The van der Waals surface area contributed by atoms with Crippen LogP contribution in [0, 0.1) is 5.92 Å². The molecule has 0 radical (unpaired) electrons. The third kappa shape index (κ3) is 35.3. The van der Waals surface area contributed by atoms with E-state index in [4.69, 9.17) is 0 Å². The minimum Gasteiger partial charge on any atom is -0.0654 e. The van der Waals surface area contributed by atoms with Crippen LogP contribution in [-0.2, 0) is 0 Å². The Morgan fingerprint density at radius 2 is 0.435 bits per heavy atom. The molecule has 0 N–H and O–H groups in total. The summed E-state index contributed by atoms with van der Waals surface area (Å²) in [4.78, 5) is 0. The minimum absolute atomic E-state index is 1.10. The molecule has 0 aliphatic heterocycles. The molecule has 0 atom stereocenters. The molecule has 0 heterocycles. The molecular formula is C46H92. The van der Waals surface area contributed by atoms with E-state index in [9.17, 15) is 0 Å². The maximum atomic E-state index is 2.31. The Labute approximate surface area is 294 Å². The van der Waals surface area contributed by atoms with Gasteiger partial charge in [-0.25, -0.2) is 0 Å². The highest BCUT2D eigenvalue weighted by Gasteiger charge is 2.12. The van der Waals surface area contributed by atoms with Crippen LogP contribution in [-0.4, -0.2) is 0 Å². The molecule has 1 rings (SSSR count). The van der Waals surface area contributed by atoms with Gasteiger partial charge in [0.25, 0.3) is 0 Å². The normalized spacial score (nSPS) is 14.0. The van der Waals surface area contributed by atoms with Crippen LogP contribution < -0.4 is 0 Å². The van der Waals surface area contributed by atoms with Gasteiger partial charge in [0.1, 0.15) is 0 Å². The molecule has 0 aromatic heterocycles. The van der Waals surface area contributed by atoms with E-state index in [2.05, 4.69) is 6.92 Å². The third-order valence-electron chi connectivity index (χ3n) is 11.7. The maximum Gasteiger partial charge on any atom is -0.0414 e. The molecule has 0 aromatic carbocycles. The highest BCUT2D eigenvalue weighted by molar-refractivity contribution is 4.65. The summed E-state index contributed by atoms with van der Waals surface area (Å²) in [5, 5.41) is 0. The quantitative estimate of drug-likeness (QED) is 0.0584. The lowest BCUT2D eigenvalue weighted by molar-refractivity contribution is 0.328. The zero-order valence-corrected chi connectivity index (χ0v) is 32.7. The molecule has 1 aliphatic rings. The van der Waals surface area contributed by atoms with Gasteiger partial charge in [0.15, 0.2) is 0 Å². The molecule has 276 valence electrons. The molecule has 0 unspecified atom stereocenters. The summed E-state index contributed by atoms with van der Waals surface area (Å²) in [6, 6.07) is 0. The fourth-order valence-corrected chi connectivity index (χ4v) is 8.35. The van der Waals surface area contributed by atoms with E-state index in [0.717, 1.165) is 5.92 Å². The van der Waals surface area contributed by atoms with Crippen molar-refractivity contribution in [3.05, 3.63) is 0 Å². The van der Waals surface area contributed by atoms with Crippen LogP contribution in [0.2, 0.25) is 0 Å². The molecule has 1 fully saturated rings. The van der Waals surface area contributed by atoms with Crippen LogP contribution >= 0.6 is 0 Å². The Kier molecular flexibility index (Phi) is 37.7. The van der Waals surface area contributed by atoms with Crippen LogP contribution in [0.3, 0.4) is 0 Å². The van der Waals surface area contributed by atoms with Crippen LogP contribution in [0.5, 0.6) is 0 Å². The van der Waals surface area contributed by atoms with Gasteiger partial charge in [0.05, 0.1) is 0 Å². The zero-order chi connectivity index (χ0) is 32.7. The molecule has 1 saturated carbocycles. The van der Waals surface area contributed by atoms with Gasteiger partial charge in [0.2, 0.25) is 0 Å². The lowest BCUT2D eigenvalue weighted by Crippen LogP contribution is -2.05. The average Bonchev–Trinajstić information content (AvgIpc) is 3.08. The van der Waals surface area contributed by atoms with Crippen molar-refractivity contribution in [1.29, 1.82) is 0 Å². The third-order valence-corrected chi connectivity index (χ3v) is 11.7. The fraction of sp³-hybridized carbons (Fsp3) is 1.00. The van der Waals surface area contributed by atoms with Crippen LogP contribution in [0.25, 0.3) is 0 Å². The van der Waals surface area contributed by atoms with Gasteiger partial charge in [-0.3, -0.25) is 0 Å². The van der Waals surface area contributed by atoms with E-state index in [1.165, 1.54) is 263 Å². The highest BCUT2D eigenvalue weighted by Crippen LogP contribution is 2.28. The van der Waals surface area contributed by atoms with Gasteiger partial charge in [-0.05, 0) is 5.92 Å². The molecule has 0 nitrogen and oxygen atoms in total. The topological polar surface area (TPSA) is 0 Å². The molecule has 0 saturated heterocycles. The largest absolute Gasteiger partial charge is 0.0654 e. The SMILES string of the molecule is CCCCCCCCCCCCCCCCCCCCCCCCCCCCCCCCCCCCCCCCC1CCCCC1. The van der Waals surface area contributed by atoms with Gasteiger partial charge < -0.3 is 0 Å². The van der Waals surface area contributed by atoms with Crippen molar-refractivity contribution in [2.75, 3.05) is 0 Å². The van der Waals surface area contributed by atoms with E-state index in [-0.39, 0.29) is 0 Å². The van der Waals surface area contributed by atoms with E-state index < -0.39 is 0 Å². The molecule has 0 heteroatoms. The van der Waals surface area contributed by atoms with Gasteiger partial charge in [-0.2, -0.15) is 0 Å². The van der Waals surface area contributed by atoms with Crippen molar-refractivity contribution < 1.29 is 0 Å². The Morgan fingerprint density at radius 3 is 0.652 bits per heavy atom. The molecule has 0 bridgehead atoms. The number of hydrogen-bond donors (Lipinski definition) is 0. The first-order valence-corrected chi connectivity index (χ1v) is 22.9. The van der Waals surface area contributed by atoms with Crippen LogP contribution in [0.15, 0.2) is 0 Å². The molecule has 0 aromatic rings. The predicted molar refractivity (Wildman–Crippen MR) is 212 cm³/mol. The monoisotopic (exact) mass is 645 g/mol. The Morgan fingerprint density at radius 1 is 0.239 bits per heavy atom. The van der Waals surface area contributed by atoms with E-state index >= 15 is 0 Å². The van der Waals surface area contributed by atoms with Crippen molar-refractivity contribution >= 4 is 0 Å². The summed E-state index contributed by atoms with van der Waals surface area (Å²) < 4.78 is 0. The predicted octanol–water partition coefficient (Wildman–Crippen LogP) is 17.8. The smallest absolute Gasteiger partial charge is 0.0414 e. The first-order chi connectivity index (χ1) is 22.9. The van der Waals surface area contributed by atoms with Gasteiger partial charge >= 0.3 is 0 Å². The second kappa shape index (κ2) is 39.4. The number of rotatable bonds is 39. The summed E-state index contributed by atoms with van der Waals surface area (Å²) in [7, 11) is 0. The second-order valence-corrected chi connectivity index (χ2v) is 16.4. The lowest BCUT2D eigenvalue weighted by atomic mass is 9.85. The van der Waals surface area contributed by atoms with Crippen molar-refractivity contribution in [3.8, 4) is 0 Å². The Hall–Kier alpha value is 0. The Balaban J connectivity index is 1.59. The standard InChI is InChI=1S/C46H92/c1-2-3-4-5-6-7-8-9-10-11-12-13-14-15-16-17-18-19-20-21-22-23-24-25-26-27-28-29-30-31-32-33-34-35-36-37-38-40-43-46-44-41-39-42-45-46/h46H,2-45H2,1H3. The van der Waals surface area contributed by atoms with E-state index in [0.29, 0.717) is 0 Å². The Bertz CT molecular complexity index is 516. The van der Waals surface area contributed by atoms with E-state index in [1.807, 2.05) is 0 Å². The summed E-state index contributed by atoms with van der Waals surface area (Å²) in [5.74, 6) is 1.10. The van der Waals surface area contributed by atoms with Gasteiger partial charge in [-0.15, -0.1) is 0 Å². The summed E-state index contributed by atoms with van der Waals surface area (Å²) in [6.45, 7) is 2.31. The maximum absolute atomic E-state index is 2.31. The highest BCUT2D eigenvalue weighted by atomic mass is 14.2. The van der Waals surface area contributed by atoms with Crippen molar-refractivity contribution in [3.63, 3.8) is 0 Å². The van der Waals surface area contributed by atoms with Crippen molar-refractivity contribution in [2.45, 2.75) is 289 Å². The van der Waals surface area contributed by atoms with Crippen LogP contribution in [0.4, 0.5) is 0 Å². The number of hydrogen-bond acceptors (Lipinski definition) is 0. The van der Waals surface area contributed by atoms with Crippen LogP contribution in [0.1, 0.15) is 289 Å². The molecule has 0 spiro atoms. The first-order valence-electron chi connectivity index (χ1n) is 22.9. The van der Waals surface area contributed by atoms with Crippen molar-refractivity contribution in [2.24, 2.45) is 5.92 Å². The average molecular weight is 645 g/mol. The second-order valence-electron chi connectivity index (χ2n) is 16.4. The van der Waals surface area contributed by atoms with Gasteiger partial charge in [-0.1, -0.05) is 289 Å². The zero-order valence-electron chi connectivity index (χ0n) is 32.7. The van der Waals surface area contributed by atoms with Crippen molar-refractivity contribution in [1.82, 2.24) is 0 Å². The first kappa shape index (κ1) is 44.0. The summed E-state index contributed by atoms with van der Waals surface area (Å²) in [6.07, 6.45) is 65.9. The minimum atomic E-state index is 1.10. The van der Waals surface area contributed by atoms with Gasteiger partial charge in [0, 0.05) is 0 Å². The summed E-state index contributed by atoms with van der Waals surface area (Å²) >= 11 is 0. The number of unbranched alkanes of at least 4 members (excludes halogenated alkanes) is 37.